The van der Waals surface area contributed by atoms with Gasteiger partial charge in [-0.15, -0.1) is 0 Å². The van der Waals surface area contributed by atoms with Crippen molar-refractivity contribution >= 4 is 21.8 Å². The van der Waals surface area contributed by atoms with E-state index in [4.69, 9.17) is 4.52 Å². The van der Waals surface area contributed by atoms with E-state index in [2.05, 4.69) is 26.1 Å². The van der Waals surface area contributed by atoms with E-state index in [1.165, 1.54) is 0 Å². The van der Waals surface area contributed by atoms with Crippen LogP contribution in [0.25, 0.3) is 11.4 Å². The molecule has 0 saturated carbocycles. The molecule has 0 aliphatic carbocycles. The first-order valence-electron chi connectivity index (χ1n) is 7.02. The molecule has 0 aliphatic rings. The molecule has 0 atom stereocenters. The van der Waals surface area contributed by atoms with Crippen molar-refractivity contribution in [2.45, 2.75) is 6.54 Å². The van der Waals surface area contributed by atoms with Crippen LogP contribution in [0.5, 0.6) is 0 Å². The van der Waals surface area contributed by atoms with E-state index in [1.807, 2.05) is 42.5 Å². The number of aromatic nitrogens is 2. The van der Waals surface area contributed by atoms with Gasteiger partial charge in [0.05, 0.1) is 6.54 Å². The van der Waals surface area contributed by atoms with Gasteiger partial charge in [0.15, 0.2) is 0 Å². The average molecular weight is 372 g/mol. The number of carbonyl (C=O) groups excluding carboxylic acids is 1. The summed E-state index contributed by atoms with van der Waals surface area (Å²) in [5.74, 6) is 0.818. The van der Waals surface area contributed by atoms with Gasteiger partial charge >= 0.3 is 0 Å². The Morgan fingerprint density at radius 3 is 2.52 bits per heavy atom. The lowest BCUT2D eigenvalue weighted by atomic mass is 10.2. The van der Waals surface area contributed by atoms with Gasteiger partial charge in [0.2, 0.25) is 11.7 Å². The van der Waals surface area contributed by atoms with Gasteiger partial charge in [0, 0.05) is 22.6 Å². The molecule has 1 aromatic heterocycles. The molecule has 0 saturated heterocycles. The van der Waals surface area contributed by atoms with Gasteiger partial charge in [-0.05, 0) is 24.3 Å². The smallest absolute Gasteiger partial charge is 0.254 e. The molecule has 0 bridgehead atoms. The van der Waals surface area contributed by atoms with Crippen LogP contribution in [0.1, 0.15) is 16.2 Å². The van der Waals surface area contributed by atoms with Crippen LogP contribution in [0.3, 0.4) is 0 Å². The molecule has 0 aliphatic heterocycles. The molecule has 0 N–H and O–H groups in total. The molecule has 3 rings (SSSR count). The topological polar surface area (TPSA) is 59.2 Å². The zero-order chi connectivity index (χ0) is 16.2. The zero-order valence-electron chi connectivity index (χ0n) is 12.4. The van der Waals surface area contributed by atoms with Crippen LogP contribution in [-0.2, 0) is 6.54 Å². The first-order chi connectivity index (χ1) is 11.1. The first-order valence-corrected chi connectivity index (χ1v) is 7.82. The SMILES string of the molecule is CN(Cc1nc(-c2ccccc2)no1)C(=O)c1ccc(Br)cc1. The highest BCUT2D eigenvalue weighted by atomic mass is 79.9. The molecule has 5 nitrogen and oxygen atoms in total. The normalized spacial score (nSPS) is 10.5. The summed E-state index contributed by atoms with van der Waals surface area (Å²) < 4.78 is 6.16. The van der Waals surface area contributed by atoms with E-state index in [0.717, 1.165) is 10.0 Å². The quantitative estimate of drug-likeness (QED) is 0.700. The van der Waals surface area contributed by atoms with Crippen molar-refractivity contribution in [1.29, 1.82) is 0 Å². The molecule has 6 heteroatoms. The fourth-order valence-corrected chi connectivity index (χ4v) is 2.38. The first kappa shape index (κ1) is 15.4. The minimum atomic E-state index is -0.100. The second kappa shape index (κ2) is 6.75. The summed E-state index contributed by atoms with van der Waals surface area (Å²) in [5.41, 5.74) is 1.49. The van der Waals surface area contributed by atoms with Crippen molar-refractivity contribution in [1.82, 2.24) is 15.0 Å². The van der Waals surface area contributed by atoms with Gasteiger partial charge < -0.3 is 9.42 Å². The number of carbonyl (C=O) groups is 1. The largest absolute Gasteiger partial charge is 0.337 e. The third-order valence-corrected chi connectivity index (χ3v) is 3.84. The molecule has 116 valence electrons. The maximum atomic E-state index is 12.4. The molecule has 23 heavy (non-hydrogen) atoms. The Morgan fingerprint density at radius 1 is 1.13 bits per heavy atom. The molecule has 1 amide bonds. The van der Waals surface area contributed by atoms with E-state index in [9.17, 15) is 4.79 Å². The Balaban J connectivity index is 1.71. The van der Waals surface area contributed by atoms with Crippen molar-refractivity contribution in [3.05, 3.63) is 70.5 Å². The van der Waals surface area contributed by atoms with Gasteiger partial charge in [-0.1, -0.05) is 51.4 Å². The van der Waals surface area contributed by atoms with Crippen molar-refractivity contribution in [3.8, 4) is 11.4 Å². The summed E-state index contributed by atoms with van der Waals surface area (Å²) in [6.45, 7) is 0.259. The van der Waals surface area contributed by atoms with E-state index in [0.29, 0.717) is 17.3 Å². The minimum absolute atomic E-state index is 0.100. The van der Waals surface area contributed by atoms with E-state index < -0.39 is 0 Å². The number of rotatable bonds is 4. The minimum Gasteiger partial charge on any atom is -0.337 e. The maximum Gasteiger partial charge on any atom is 0.254 e. The van der Waals surface area contributed by atoms with Crippen molar-refractivity contribution < 1.29 is 9.32 Å². The monoisotopic (exact) mass is 371 g/mol. The van der Waals surface area contributed by atoms with Crippen molar-refractivity contribution in [3.63, 3.8) is 0 Å². The standard InChI is InChI=1S/C17H14BrN3O2/c1-21(17(22)13-7-9-14(18)10-8-13)11-15-19-16(20-23-15)12-5-3-2-4-6-12/h2-10H,11H2,1H3. The fourth-order valence-electron chi connectivity index (χ4n) is 2.11. The molecule has 0 spiro atoms. The van der Waals surface area contributed by atoms with Crippen LogP contribution >= 0.6 is 15.9 Å². The van der Waals surface area contributed by atoms with E-state index in [-0.39, 0.29) is 12.5 Å². The third kappa shape index (κ3) is 3.65. The van der Waals surface area contributed by atoms with Crippen LogP contribution in [0.15, 0.2) is 63.6 Å². The summed E-state index contributed by atoms with van der Waals surface area (Å²) in [6.07, 6.45) is 0. The number of benzene rings is 2. The summed E-state index contributed by atoms with van der Waals surface area (Å²) >= 11 is 3.35. The summed E-state index contributed by atoms with van der Waals surface area (Å²) in [4.78, 5) is 18.2. The summed E-state index contributed by atoms with van der Waals surface area (Å²) in [6, 6.07) is 16.8. The van der Waals surface area contributed by atoms with Gasteiger partial charge in [-0.2, -0.15) is 4.98 Å². The highest BCUT2D eigenvalue weighted by Gasteiger charge is 2.16. The Labute approximate surface area is 142 Å². The molecule has 2 aromatic carbocycles. The van der Waals surface area contributed by atoms with Crippen molar-refractivity contribution in [2.24, 2.45) is 0 Å². The fraction of sp³-hybridized carbons (Fsp3) is 0.118. The molecule has 0 radical (unpaired) electrons. The number of nitrogens with zero attached hydrogens (tertiary/aromatic N) is 3. The molecule has 0 unspecified atom stereocenters. The second-order valence-electron chi connectivity index (χ2n) is 5.05. The van der Waals surface area contributed by atoms with Crippen LogP contribution < -0.4 is 0 Å². The van der Waals surface area contributed by atoms with Gasteiger partial charge in [0.1, 0.15) is 0 Å². The summed E-state index contributed by atoms with van der Waals surface area (Å²) in [5, 5.41) is 3.95. The number of hydrogen-bond donors (Lipinski definition) is 0. The lowest BCUT2D eigenvalue weighted by Gasteiger charge is -2.14. The van der Waals surface area contributed by atoms with E-state index >= 15 is 0 Å². The van der Waals surface area contributed by atoms with Gasteiger partial charge in [0.25, 0.3) is 5.91 Å². The predicted octanol–water partition coefficient (Wildman–Crippen LogP) is 3.77. The molecule has 0 fully saturated rings. The zero-order valence-corrected chi connectivity index (χ0v) is 14.0. The number of amides is 1. The highest BCUT2D eigenvalue weighted by molar-refractivity contribution is 9.10. The van der Waals surface area contributed by atoms with Crippen LogP contribution in [-0.4, -0.2) is 28.0 Å². The molecular formula is C17H14BrN3O2. The Bertz CT molecular complexity index is 800. The summed E-state index contributed by atoms with van der Waals surface area (Å²) in [7, 11) is 1.71. The second-order valence-corrected chi connectivity index (χ2v) is 5.96. The molecular weight excluding hydrogens is 358 g/mol. The third-order valence-electron chi connectivity index (χ3n) is 3.31. The highest BCUT2D eigenvalue weighted by Crippen LogP contribution is 2.16. The number of hydrogen-bond acceptors (Lipinski definition) is 4. The molecule has 1 heterocycles. The Kier molecular flexibility index (Phi) is 4.52. The van der Waals surface area contributed by atoms with Crippen molar-refractivity contribution in [2.75, 3.05) is 7.05 Å². The average Bonchev–Trinajstić information content (AvgIpc) is 3.04. The Morgan fingerprint density at radius 2 is 1.83 bits per heavy atom. The molecule has 3 aromatic rings. The lowest BCUT2D eigenvalue weighted by molar-refractivity contribution is 0.0769. The number of halogens is 1. The van der Waals surface area contributed by atoms with Crippen LogP contribution in [0.2, 0.25) is 0 Å². The van der Waals surface area contributed by atoms with Crippen LogP contribution in [0.4, 0.5) is 0 Å². The van der Waals surface area contributed by atoms with E-state index in [1.54, 1.807) is 24.1 Å². The van der Waals surface area contributed by atoms with Gasteiger partial charge in [-0.25, -0.2) is 0 Å². The predicted molar refractivity (Wildman–Crippen MR) is 89.7 cm³/mol. The van der Waals surface area contributed by atoms with Crippen LogP contribution in [0, 0.1) is 0 Å². The lowest BCUT2D eigenvalue weighted by Crippen LogP contribution is -2.26. The maximum absolute atomic E-state index is 12.4. The van der Waals surface area contributed by atoms with Gasteiger partial charge in [-0.3, -0.25) is 4.79 Å². The Hall–Kier alpha value is -2.47.